The molecule has 168 valence electrons. The molecule has 3 N–H and O–H groups in total. The van der Waals surface area contributed by atoms with Crippen LogP contribution in [0.3, 0.4) is 0 Å². The molecule has 1 aromatic rings. The van der Waals surface area contributed by atoms with Crippen molar-refractivity contribution in [2.45, 2.75) is 56.9 Å². The van der Waals surface area contributed by atoms with Gasteiger partial charge < -0.3 is 20.5 Å². The van der Waals surface area contributed by atoms with E-state index in [2.05, 4.69) is 24.4 Å². The Labute approximate surface area is 183 Å². The molecule has 4 aliphatic carbocycles. The third kappa shape index (κ3) is 3.39. The summed E-state index contributed by atoms with van der Waals surface area (Å²) in [6, 6.07) is 8.52. The predicted molar refractivity (Wildman–Crippen MR) is 116 cm³/mol. The maximum Gasteiger partial charge on any atom is 0.226 e. The van der Waals surface area contributed by atoms with E-state index < -0.39 is 0 Å². The SMILES string of the molecule is C[C@]12COCC1C2NC(=O)C12CCC(c3ccc(OC/C(=C/F)CN)cc3)(CC1)CC2. The van der Waals surface area contributed by atoms with Gasteiger partial charge in [0.05, 0.1) is 19.5 Å². The Morgan fingerprint density at radius 3 is 2.45 bits per heavy atom. The minimum atomic E-state index is -0.184. The quantitative estimate of drug-likeness (QED) is 0.696. The van der Waals surface area contributed by atoms with Gasteiger partial charge in [-0.15, -0.1) is 0 Å². The zero-order valence-corrected chi connectivity index (χ0v) is 18.3. The summed E-state index contributed by atoms with van der Waals surface area (Å²) in [4.78, 5) is 13.3. The largest absolute Gasteiger partial charge is 0.489 e. The monoisotopic (exact) mass is 428 g/mol. The Morgan fingerprint density at radius 2 is 1.90 bits per heavy atom. The fraction of sp³-hybridized carbons (Fsp3) is 0.640. The van der Waals surface area contributed by atoms with Crippen molar-refractivity contribution in [3.8, 4) is 5.75 Å². The summed E-state index contributed by atoms with van der Waals surface area (Å²) >= 11 is 0. The van der Waals surface area contributed by atoms with Crippen LogP contribution in [0.4, 0.5) is 4.39 Å². The molecule has 0 radical (unpaired) electrons. The van der Waals surface area contributed by atoms with Gasteiger partial charge in [-0.1, -0.05) is 19.1 Å². The average Bonchev–Trinajstić information content (AvgIpc) is 3.14. The lowest BCUT2D eigenvalue weighted by atomic mass is 9.51. The molecule has 4 saturated carbocycles. The third-order valence-corrected chi connectivity index (χ3v) is 8.88. The van der Waals surface area contributed by atoms with Gasteiger partial charge in [0, 0.05) is 34.9 Å². The highest BCUT2D eigenvalue weighted by Crippen LogP contribution is 2.60. The van der Waals surface area contributed by atoms with Gasteiger partial charge in [0.1, 0.15) is 12.4 Å². The van der Waals surface area contributed by atoms with Gasteiger partial charge in [0.2, 0.25) is 5.91 Å². The highest BCUT2D eigenvalue weighted by atomic mass is 19.1. The normalized spacial score (nSPS) is 38.6. The molecule has 6 rings (SSSR count). The van der Waals surface area contributed by atoms with Crippen molar-refractivity contribution < 1.29 is 18.7 Å². The summed E-state index contributed by atoms with van der Waals surface area (Å²) in [5, 5.41) is 3.40. The van der Waals surface area contributed by atoms with Crippen molar-refractivity contribution in [1.82, 2.24) is 5.32 Å². The molecular weight excluding hydrogens is 395 g/mol. The Bertz CT molecular complexity index is 859. The van der Waals surface area contributed by atoms with Crippen molar-refractivity contribution in [2.75, 3.05) is 26.4 Å². The number of hydrogen-bond acceptors (Lipinski definition) is 4. The summed E-state index contributed by atoms with van der Waals surface area (Å²) in [5.74, 6) is 1.50. The van der Waals surface area contributed by atoms with E-state index in [-0.39, 0.29) is 35.3 Å². The highest BCUT2D eigenvalue weighted by molar-refractivity contribution is 5.84. The number of rotatable bonds is 7. The third-order valence-electron chi connectivity index (χ3n) is 8.88. The van der Waals surface area contributed by atoms with Crippen molar-refractivity contribution >= 4 is 5.91 Å². The number of nitrogens with two attached hydrogens (primary N) is 1. The molecule has 0 aromatic heterocycles. The fourth-order valence-electron chi connectivity index (χ4n) is 6.28. The standard InChI is InChI=1S/C25H33FN2O3/c1-23-16-30-15-20(23)21(23)28-22(29)25-9-6-24(7-10-25,8-11-25)18-2-4-19(5-3-18)31-14-17(12-26)13-27/h2-5,12,20-21H,6-11,13-16,27H2,1H3,(H,28,29)/b17-12+/t20?,21?,23-,24?,25?/m0/s1. The van der Waals surface area contributed by atoms with Crippen molar-refractivity contribution in [2.24, 2.45) is 22.5 Å². The lowest BCUT2D eigenvalue weighted by Crippen LogP contribution is -2.52. The summed E-state index contributed by atoms with van der Waals surface area (Å²) in [5.41, 5.74) is 7.39. The van der Waals surface area contributed by atoms with Crippen molar-refractivity contribution in [1.29, 1.82) is 0 Å². The van der Waals surface area contributed by atoms with E-state index in [1.54, 1.807) is 0 Å². The van der Waals surface area contributed by atoms with Crippen LogP contribution in [0.1, 0.15) is 51.0 Å². The van der Waals surface area contributed by atoms with E-state index in [0.29, 0.717) is 23.9 Å². The van der Waals surface area contributed by atoms with Gasteiger partial charge in [0.15, 0.2) is 0 Å². The Kier molecular flexibility index (Phi) is 5.13. The molecule has 1 saturated heterocycles. The van der Waals surface area contributed by atoms with Crippen LogP contribution < -0.4 is 15.8 Å². The second-order valence-corrected chi connectivity index (χ2v) is 10.4. The van der Waals surface area contributed by atoms with Gasteiger partial charge in [-0.05, 0) is 61.6 Å². The van der Waals surface area contributed by atoms with E-state index >= 15 is 0 Å². The number of amides is 1. The molecular formula is C25H33FN2O3. The van der Waals surface area contributed by atoms with Crippen LogP contribution in [0.5, 0.6) is 5.75 Å². The molecule has 1 amide bonds. The molecule has 0 spiro atoms. The fourth-order valence-corrected chi connectivity index (χ4v) is 6.28. The van der Waals surface area contributed by atoms with Crippen LogP contribution in [0.15, 0.2) is 36.2 Å². The number of ether oxygens (including phenoxy) is 2. The zero-order chi connectivity index (χ0) is 21.7. The molecule has 1 heterocycles. The molecule has 5 aliphatic rings. The Morgan fingerprint density at radius 1 is 1.23 bits per heavy atom. The van der Waals surface area contributed by atoms with E-state index in [4.69, 9.17) is 15.2 Å². The van der Waals surface area contributed by atoms with Gasteiger partial charge in [-0.25, -0.2) is 4.39 Å². The number of fused-ring (bicyclic) bond motifs is 4. The van der Waals surface area contributed by atoms with Gasteiger partial charge >= 0.3 is 0 Å². The second kappa shape index (κ2) is 7.59. The minimum absolute atomic E-state index is 0.154. The molecule has 31 heavy (non-hydrogen) atoms. The maximum atomic E-state index is 13.3. The number of halogens is 1. The summed E-state index contributed by atoms with van der Waals surface area (Å²) in [6.45, 7) is 4.12. The first kappa shape index (κ1) is 21.0. The molecule has 1 aliphatic heterocycles. The number of carbonyl (C=O) groups excluding carboxylic acids is 1. The Hall–Kier alpha value is -1.92. The van der Waals surface area contributed by atoms with Crippen molar-refractivity contribution in [3.05, 3.63) is 41.7 Å². The van der Waals surface area contributed by atoms with Gasteiger partial charge in [0.25, 0.3) is 0 Å². The lowest BCUT2D eigenvalue weighted by molar-refractivity contribution is -0.138. The van der Waals surface area contributed by atoms with E-state index in [1.165, 1.54) is 5.56 Å². The zero-order valence-electron chi connectivity index (χ0n) is 18.3. The first-order valence-electron chi connectivity index (χ1n) is 11.6. The van der Waals surface area contributed by atoms with Crippen LogP contribution >= 0.6 is 0 Å². The van der Waals surface area contributed by atoms with Crippen LogP contribution in [-0.4, -0.2) is 38.3 Å². The first-order chi connectivity index (χ1) is 14.9. The predicted octanol–water partition coefficient (Wildman–Crippen LogP) is 3.62. The second-order valence-electron chi connectivity index (χ2n) is 10.4. The van der Waals surface area contributed by atoms with Crippen LogP contribution in [0.2, 0.25) is 0 Å². The molecule has 2 bridgehead atoms. The number of hydrogen-bond donors (Lipinski definition) is 2. The molecule has 1 aromatic carbocycles. The molecule has 5 fully saturated rings. The first-order valence-corrected chi connectivity index (χ1v) is 11.6. The summed E-state index contributed by atoms with van der Waals surface area (Å²) in [6.07, 6.45) is 6.56. The summed E-state index contributed by atoms with van der Waals surface area (Å²) in [7, 11) is 0. The molecule has 5 nitrogen and oxygen atoms in total. The van der Waals surface area contributed by atoms with Crippen LogP contribution in [-0.2, 0) is 14.9 Å². The van der Waals surface area contributed by atoms with E-state index in [1.807, 2.05) is 12.1 Å². The van der Waals surface area contributed by atoms with Crippen molar-refractivity contribution in [3.63, 3.8) is 0 Å². The number of nitrogens with one attached hydrogen (secondary N) is 1. The van der Waals surface area contributed by atoms with Gasteiger partial charge in [-0.3, -0.25) is 4.79 Å². The van der Waals surface area contributed by atoms with Gasteiger partial charge in [-0.2, -0.15) is 0 Å². The molecule has 2 unspecified atom stereocenters. The van der Waals surface area contributed by atoms with Crippen LogP contribution in [0.25, 0.3) is 0 Å². The Balaban J connectivity index is 1.20. The van der Waals surface area contributed by atoms with Crippen LogP contribution in [0, 0.1) is 16.7 Å². The topological polar surface area (TPSA) is 73.6 Å². The summed E-state index contributed by atoms with van der Waals surface area (Å²) < 4.78 is 23.8. The minimum Gasteiger partial charge on any atom is -0.489 e. The van der Waals surface area contributed by atoms with E-state index in [9.17, 15) is 9.18 Å². The molecule has 3 atom stereocenters. The average molecular weight is 429 g/mol. The highest BCUT2D eigenvalue weighted by Gasteiger charge is 2.66. The number of benzene rings is 1. The lowest BCUT2D eigenvalue weighted by Gasteiger charge is -2.53. The smallest absolute Gasteiger partial charge is 0.226 e. The maximum absolute atomic E-state index is 13.3. The number of carbonyl (C=O) groups is 1. The molecule has 6 heteroatoms. The van der Waals surface area contributed by atoms with E-state index in [0.717, 1.165) is 57.5 Å².